The van der Waals surface area contributed by atoms with Crippen LogP contribution in [0.1, 0.15) is 34.1 Å². The van der Waals surface area contributed by atoms with Gasteiger partial charge in [-0.05, 0) is 11.8 Å². The van der Waals surface area contributed by atoms with Gasteiger partial charge in [-0.15, -0.1) is 0 Å². The van der Waals surface area contributed by atoms with Gasteiger partial charge in [0, 0.05) is 12.1 Å². The first-order chi connectivity index (χ1) is 6.24. The lowest BCUT2D eigenvalue weighted by Gasteiger charge is -2.38. The van der Waals surface area contributed by atoms with Crippen molar-refractivity contribution in [2.75, 3.05) is 11.5 Å². The zero-order chi connectivity index (χ0) is 11.0. The third kappa shape index (κ3) is 2.95. The van der Waals surface area contributed by atoms with E-state index in [9.17, 15) is 8.42 Å². The van der Waals surface area contributed by atoms with Crippen molar-refractivity contribution >= 4 is 9.84 Å². The van der Waals surface area contributed by atoms with E-state index >= 15 is 0 Å². The van der Waals surface area contributed by atoms with Crippen LogP contribution in [0, 0.1) is 5.41 Å². The van der Waals surface area contributed by atoms with Gasteiger partial charge in [0.05, 0.1) is 11.5 Å². The first kappa shape index (κ1) is 12.0. The molecular weight excluding hydrogens is 198 g/mol. The Balaban J connectivity index is 2.81. The number of hydrogen-bond donors (Lipinski definition) is 1. The third-order valence-corrected chi connectivity index (χ3v) is 4.60. The number of sulfone groups is 1. The molecule has 0 amide bonds. The second-order valence-corrected chi connectivity index (χ2v) is 7.42. The van der Waals surface area contributed by atoms with Gasteiger partial charge in [-0.1, -0.05) is 27.7 Å². The molecule has 2 atom stereocenters. The van der Waals surface area contributed by atoms with Crippen molar-refractivity contribution < 1.29 is 8.42 Å². The van der Waals surface area contributed by atoms with Crippen molar-refractivity contribution in [3.63, 3.8) is 0 Å². The molecule has 2 unspecified atom stereocenters. The van der Waals surface area contributed by atoms with Gasteiger partial charge in [0.2, 0.25) is 0 Å². The highest BCUT2D eigenvalue weighted by Gasteiger charge is 2.36. The van der Waals surface area contributed by atoms with E-state index in [0.29, 0.717) is 5.75 Å². The molecule has 0 spiro atoms. The van der Waals surface area contributed by atoms with Gasteiger partial charge in [0.15, 0.2) is 9.84 Å². The summed E-state index contributed by atoms with van der Waals surface area (Å²) in [5, 5.41) is 3.42. The lowest BCUT2D eigenvalue weighted by Crippen LogP contribution is -2.56. The van der Waals surface area contributed by atoms with Gasteiger partial charge >= 0.3 is 0 Å². The van der Waals surface area contributed by atoms with Gasteiger partial charge in [-0.2, -0.15) is 0 Å². The average Bonchev–Trinajstić information content (AvgIpc) is 1.99. The minimum absolute atomic E-state index is 0.0148. The molecule has 4 heteroatoms. The Labute approximate surface area is 87.2 Å². The van der Waals surface area contributed by atoms with Crippen molar-refractivity contribution in [3.05, 3.63) is 0 Å². The quantitative estimate of drug-likeness (QED) is 0.721. The smallest absolute Gasteiger partial charge is 0.153 e. The molecule has 0 radical (unpaired) electrons. The summed E-state index contributed by atoms with van der Waals surface area (Å²) in [7, 11) is -2.84. The van der Waals surface area contributed by atoms with Crippen LogP contribution in [0.2, 0.25) is 0 Å². The highest BCUT2D eigenvalue weighted by molar-refractivity contribution is 7.91. The van der Waals surface area contributed by atoms with Gasteiger partial charge in [-0.25, -0.2) is 8.42 Å². The molecule has 1 N–H and O–H groups in total. The lowest BCUT2D eigenvalue weighted by atomic mass is 9.87. The fourth-order valence-corrected chi connectivity index (χ4v) is 3.93. The van der Waals surface area contributed by atoms with Crippen LogP contribution in [0.4, 0.5) is 0 Å². The molecule has 14 heavy (non-hydrogen) atoms. The third-order valence-electron chi connectivity index (χ3n) is 2.85. The van der Waals surface area contributed by atoms with Crippen LogP contribution in [0.5, 0.6) is 0 Å². The predicted octanol–water partition coefficient (Wildman–Crippen LogP) is 1.20. The Morgan fingerprint density at radius 3 is 2.29 bits per heavy atom. The summed E-state index contributed by atoms with van der Waals surface area (Å²) >= 11 is 0. The van der Waals surface area contributed by atoms with E-state index in [-0.39, 0.29) is 23.3 Å². The molecule has 84 valence electrons. The molecule has 0 aliphatic carbocycles. The van der Waals surface area contributed by atoms with Gasteiger partial charge < -0.3 is 5.32 Å². The maximum atomic E-state index is 11.6. The van der Waals surface area contributed by atoms with E-state index in [4.69, 9.17) is 0 Å². The second kappa shape index (κ2) is 3.81. The molecule has 1 saturated heterocycles. The fourth-order valence-electron chi connectivity index (χ4n) is 1.74. The van der Waals surface area contributed by atoms with E-state index in [1.165, 1.54) is 0 Å². The summed E-state index contributed by atoms with van der Waals surface area (Å²) in [4.78, 5) is 0. The van der Waals surface area contributed by atoms with Gasteiger partial charge in [0.25, 0.3) is 0 Å². The van der Waals surface area contributed by atoms with E-state index < -0.39 is 9.84 Å². The van der Waals surface area contributed by atoms with E-state index in [1.54, 1.807) is 0 Å². The van der Waals surface area contributed by atoms with E-state index in [2.05, 4.69) is 26.1 Å². The molecule has 1 aliphatic heterocycles. The zero-order valence-electron chi connectivity index (χ0n) is 9.50. The minimum atomic E-state index is -2.84. The van der Waals surface area contributed by atoms with Crippen molar-refractivity contribution in [2.45, 2.75) is 46.2 Å². The molecule has 0 saturated carbocycles. The first-order valence-corrected chi connectivity index (χ1v) is 7.03. The summed E-state index contributed by atoms with van der Waals surface area (Å²) < 4.78 is 23.3. The second-order valence-electron chi connectivity index (χ2n) is 5.27. The Hall–Kier alpha value is -0.0900. The lowest BCUT2D eigenvalue weighted by molar-refractivity contribution is 0.258. The maximum Gasteiger partial charge on any atom is 0.153 e. The molecule has 0 aromatic heterocycles. The van der Waals surface area contributed by atoms with Crippen molar-refractivity contribution in [1.29, 1.82) is 0 Å². The van der Waals surface area contributed by atoms with Crippen LogP contribution in [-0.2, 0) is 9.84 Å². The molecule has 0 aromatic rings. The van der Waals surface area contributed by atoms with Gasteiger partial charge in [-0.3, -0.25) is 0 Å². The Morgan fingerprint density at radius 2 is 1.86 bits per heavy atom. The average molecular weight is 219 g/mol. The predicted molar refractivity (Wildman–Crippen MR) is 59.1 cm³/mol. The Bertz CT molecular complexity index is 290. The molecule has 1 heterocycles. The monoisotopic (exact) mass is 219 g/mol. The summed E-state index contributed by atoms with van der Waals surface area (Å²) in [6.45, 7) is 8.27. The molecule has 3 nitrogen and oxygen atoms in total. The highest BCUT2D eigenvalue weighted by Crippen LogP contribution is 2.24. The summed E-state index contributed by atoms with van der Waals surface area (Å²) in [5.74, 6) is 0.586. The molecular formula is C10H21NO2S. The van der Waals surface area contributed by atoms with E-state index in [1.807, 2.05) is 6.92 Å². The van der Waals surface area contributed by atoms with Crippen LogP contribution in [0.25, 0.3) is 0 Å². The van der Waals surface area contributed by atoms with Crippen molar-refractivity contribution in [1.82, 2.24) is 5.32 Å². The van der Waals surface area contributed by atoms with Crippen LogP contribution in [0.15, 0.2) is 0 Å². The highest BCUT2D eigenvalue weighted by atomic mass is 32.2. The summed E-state index contributed by atoms with van der Waals surface area (Å²) in [5.41, 5.74) is 0.0148. The Kier molecular flexibility index (Phi) is 3.26. The summed E-state index contributed by atoms with van der Waals surface area (Å²) in [6, 6.07) is 0.226. The molecule has 0 aromatic carbocycles. The molecule has 1 fully saturated rings. The molecule has 1 rings (SSSR count). The van der Waals surface area contributed by atoms with Gasteiger partial charge in [0.1, 0.15) is 0 Å². The SMILES string of the molecule is CCC1CS(=O)(=O)CC(C(C)(C)C)N1. The maximum absolute atomic E-state index is 11.6. The fraction of sp³-hybridized carbons (Fsp3) is 1.00. The van der Waals surface area contributed by atoms with Crippen molar-refractivity contribution in [2.24, 2.45) is 5.41 Å². The number of rotatable bonds is 1. The standard InChI is InChI=1S/C10H21NO2S/c1-5-8-6-14(12,13)7-9(11-8)10(2,3)4/h8-9,11H,5-7H2,1-4H3. The van der Waals surface area contributed by atoms with E-state index in [0.717, 1.165) is 6.42 Å². The largest absolute Gasteiger partial charge is 0.309 e. The molecule has 0 bridgehead atoms. The van der Waals surface area contributed by atoms with Crippen molar-refractivity contribution in [3.8, 4) is 0 Å². The summed E-state index contributed by atoms with van der Waals surface area (Å²) in [6.07, 6.45) is 0.881. The van der Waals surface area contributed by atoms with Crippen LogP contribution in [-0.4, -0.2) is 32.0 Å². The normalized spacial score (nSPS) is 32.9. The Morgan fingerprint density at radius 1 is 1.29 bits per heavy atom. The topological polar surface area (TPSA) is 46.2 Å². The van der Waals surface area contributed by atoms with Crippen LogP contribution in [0.3, 0.4) is 0 Å². The van der Waals surface area contributed by atoms with Crippen LogP contribution >= 0.6 is 0 Å². The first-order valence-electron chi connectivity index (χ1n) is 5.21. The number of hydrogen-bond acceptors (Lipinski definition) is 3. The molecule has 1 aliphatic rings. The minimum Gasteiger partial charge on any atom is -0.309 e. The zero-order valence-corrected chi connectivity index (χ0v) is 10.3. The number of nitrogens with one attached hydrogen (secondary N) is 1. The van der Waals surface area contributed by atoms with Crippen LogP contribution < -0.4 is 5.32 Å².